The number of nitrogens with zero attached hydrogens (tertiary/aromatic N) is 4. The molecule has 6 heteroatoms. The van der Waals surface area contributed by atoms with Crippen molar-refractivity contribution >= 4 is 11.3 Å². The molecule has 1 rings (SSSR count). The van der Waals surface area contributed by atoms with Gasteiger partial charge >= 0.3 is 0 Å². The average Bonchev–Trinajstić information content (AvgIpc) is 2.52. The van der Waals surface area contributed by atoms with Crippen molar-refractivity contribution in [3.05, 3.63) is 27.0 Å². The minimum Gasteiger partial charge on any atom is -0.396 e. The van der Waals surface area contributed by atoms with Crippen LogP contribution in [-0.4, -0.2) is 16.7 Å². The average molecular weight is 170 g/mol. The Labute approximate surface area is 66.9 Å². The molecule has 1 atom stereocenters. The highest BCUT2D eigenvalue weighted by Crippen LogP contribution is 2.15. The topological polar surface area (TPSA) is 81.9 Å². The number of aliphatic hydroxyl groups excluding tert-OH is 1. The van der Waals surface area contributed by atoms with Crippen LogP contribution in [0.25, 0.3) is 10.4 Å². The molecule has 0 aliphatic carbocycles. The van der Waals surface area contributed by atoms with E-state index in [-0.39, 0.29) is 6.61 Å². The Bertz CT molecular complexity index is 253. The summed E-state index contributed by atoms with van der Waals surface area (Å²) in [5.74, 6) is 0. The van der Waals surface area contributed by atoms with Gasteiger partial charge in [0.2, 0.25) is 0 Å². The number of aromatic nitrogens is 1. The Morgan fingerprint density at radius 3 is 3.18 bits per heavy atom. The molecular weight excluding hydrogens is 164 g/mol. The first-order valence-corrected chi connectivity index (χ1v) is 3.86. The zero-order valence-corrected chi connectivity index (χ0v) is 6.40. The molecule has 0 amide bonds. The van der Waals surface area contributed by atoms with Gasteiger partial charge in [0.1, 0.15) is 6.04 Å². The zero-order valence-electron chi connectivity index (χ0n) is 5.58. The molecule has 1 heterocycles. The highest BCUT2D eigenvalue weighted by molar-refractivity contribution is 7.07. The summed E-state index contributed by atoms with van der Waals surface area (Å²) in [4.78, 5) is 6.49. The second-order valence-electron chi connectivity index (χ2n) is 1.82. The van der Waals surface area contributed by atoms with E-state index in [1.807, 2.05) is 0 Å². The van der Waals surface area contributed by atoms with Crippen molar-refractivity contribution in [2.45, 2.75) is 6.04 Å². The maximum Gasteiger partial charge on any atom is 0.104 e. The number of rotatable bonds is 3. The van der Waals surface area contributed by atoms with Crippen LogP contribution in [0.2, 0.25) is 0 Å². The Kier molecular flexibility index (Phi) is 2.85. The SMILES string of the molecule is [N-]=[N+]=NC(CO)c1cscn1. The number of thiazole rings is 1. The third-order valence-electron chi connectivity index (χ3n) is 1.16. The fraction of sp³-hybridized carbons (Fsp3) is 0.400. The predicted octanol–water partition coefficient (Wildman–Crippen LogP) is 1.49. The van der Waals surface area contributed by atoms with Crippen LogP contribution < -0.4 is 0 Å². The smallest absolute Gasteiger partial charge is 0.104 e. The number of azide groups is 1. The van der Waals surface area contributed by atoms with Crippen LogP contribution in [0, 0.1) is 0 Å². The fourth-order valence-corrected chi connectivity index (χ4v) is 1.24. The largest absolute Gasteiger partial charge is 0.396 e. The molecule has 1 aromatic rings. The van der Waals surface area contributed by atoms with E-state index < -0.39 is 6.04 Å². The molecular formula is C5H6N4OS. The summed E-state index contributed by atoms with van der Waals surface area (Å²) in [6.45, 7) is -0.201. The molecule has 5 nitrogen and oxygen atoms in total. The fourth-order valence-electron chi connectivity index (χ4n) is 0.638. The molecule has 0 saturated carbocycles. The number of hydrogen-bond acceptors (Lipinski definition) is 4. The van der Waals surface area contributed by atoms with Gasteiger partial charge in [-0.1, -0.05) is 5.11 Å². The summed E-state index contributed by atoms with van der Waals surface area (Å²) < 4.78 is 0. The molecule has 1 N–H and O–H groups in total. The minimum absolute atomic E-state index is 0.201. The second kappa shape index (κ2) is 3.92. The number of hydrogen-bond donors (Lipinski definition) is 1. The van der Waals surface area contributed by atoms with Crippen molar-refractivity contribution < 1.29 is 5.11 Å². The van der Waals surface area contributed by atoms with Gasteiger partial charge in [-0.05, 0) is 5.53 Å². The normalized spacial score (nSPS) is 12.1. The first-order chi connectivity index (χ1) is 5.38. The standard InChI is InChI=1S/C5H6N4OS/c6-9-8-4(1-10)5-2-11-3-7-5/h2-4,10H,1H2. The van der Waals surface area contributed by atoms with Crippen molar-refractivity contribution in [2.75, 3.05) is 6.61 Å². The van der Waals surface area contributed by atoms with Crippen molar-refractivity contribution in [3.63, 3.8) is 0 Å². The molecule has 0 spiro atoms. The van der Waals surface area contributed by atoms with Crippen LogP contribution in [0.1, 0.15) is 11.7 Å². The van der Waals surface area contributed by atoms with Crippen LogP contribution in [0.4, 0.5) is 0 Å². The molecule has 0 radical (unpaired) electrons. The molecule has 1 unspecified atom stereocenters. The second-order valence-corrected chi connectivity index (χ2v) is 2.54. The lowest BCUT2D eigenvalue weighted by atomic mass is 10.3. The van der Waals surface area contributed by atoms with Crippen LogP contribution in [0.5, 0.6) is 0 Å². The molecule has 0 aliphatic rings. The van der Waals surface area contributed by atoms with Gasteiger partial charge in [-0.2, -0.15) is 0 Å². The van der Waals surface area contributed by atoms with Crippen molar-refractivity contribution in [3.8, 4) is 0 Å². The molecule has 0 fully saturated rings. The van der Waals surface area contributed by atoms with E-state index in [2.05, 4.69) is 15.0 Å². The Balaban J connectivity index is 2.79. The lowest BCUT2D eigenvalue weighted by molar-refractivity contribution is 0.266. The quantitative estimate of drug-likeness (QED) is 0.423. The lowest BCUT2D eigenvalue weighted by Crippen LogP contribution is -1.99. The van der Waals surface area contributed by atoms with Gasteiger partial charge in [0.15, 0.2) is 0 Å². The molecule has 0 aliphatic heterocycles. The molecule has 0 saturated heterocycles. The highest BCUT2D eigenvalue weighted by Gasteiger charge is 2.08. The highest BCUT2D eigenvalue weighted by atomic mass is 32.1. The molecule has 1 aromatic heterocycles. The van der Waals surface area contributed by atoms with Crippen LogP contribution in [0.3, 0.4) is 0 Å². The first-order valence-electron chi connectivity index (χ1n) is 2.91. The van der Waals surface area contributed by atoms with Gasteiger partial charge in [-0.15, -0.1) is 11.3 Å². The Morgan fingerprint density at radius 2 is 2.73 bits per heavy atom. The summed E-state index contributed by atoms with van der Waals surface area (Å²) in [7, 11) is 0. The third-order valence-corrected chi connectivity index (χ3v) is 1.76. The molecule has 11 heavy (non-hydrogen) atoms. The van der Waals surface area contributed by atoms with Gasteiger partial charge in [0, 0.05) is 10.3 Å². The molecule has 0 aromatic carbocycles. The van der Waals surface area contributed by atoms with E-state index in [0.29, 0.717) is 5.69 Å². The lowest BCUT2D eigenvalue weighted by Gasteiger charge is -2.00. The van der Waals surface area contributed by atoms with Crippen LogP contribution in [-0.2, 0) is 0 Å². The predicted molar refractivity (Wildman–Crippen MR) is 41.1 cm³/mol. The maximum atomic E-state index is 8.73. The van der Waals surface area contributed by atoms with Gasteiger partial charge in [-0.25, -0.2) is 4.98 Å². The number of aliphatic hydroxyl groups is 1. The van der Waals surface area contributed by atoms with Crippen LogP contribution in [0.15, 0.2) is 16.0 Å². The van der Waals surface area contributed by atoms with Crippen molar-refractivity contribution in [1.82, 2.24) is 4.98 Å². The van der Waals surface area contributed by atoms with Gasteiger partial charge in [0.25, 0.3) is 0 Å². The first kappa shape index (κ1) is 8.00. The van der Waals surface area contributed by atoms with Gasteiger partial charge < -0.3 is 5.11 Å². The van der Waals surface area contributed by atoms with Crippen molar-refractivity contribution in [1.29, 1.82) is 0 Å². The van der Waals surface area contributed by atoms with E-state index in [4.69, 9.17) is 10.6 Å². The van der Waals surface area contributed by atoms with E-state index in [9.17, 15) is 0 Å². The zero-order chi connectivity index (χ0) is 8.10. The summed E-state index contributed by atoms with van der Waals surface area (Å²) in [6, 6.07) is -0.536. The van der Waals surface area contributed by atoms with Gasteiger partial charge in [0.05, 0.1) is 17.8 Å². The van der Waals surface area contributed by atoms with E-state index >= 15 is 0 Å². The summed E-state index contributed by atoms with van der Waals surface area (Å²) in [5.41, 5.74) is 10.3. The van der Waals surface area contributed by atoms with Crippen molar-refractivity contribution in [2.24, 2.45) is 5.11 Å². The summed E-state index contributed by atoms with van der Waals surface area (Å²) in [5, 5.41) is 13.8. The van der Waals surface area contributed by atoms with E-state index in [1.54, 1.807) is 10.9 Å². The van der Waals surface area contributed by atoms with E-state index in [0.717, 1.165) is 0 Å². The minimum atomic E-state index is -0.536. The van der Waals surface area contributed by atoms with Gasteiger partial charge in [-0.3, -0.25) is 0 Å². The Morgan fingerprint density at radius 1 is 1.91 bits per heavy atom. The maximum absolute atomic E-state index is 8.73. The monoisotopic (exact) mass is 170 g/mol. The Hall–Kier alpha value is -1.10. The van der Waals surface area contributed by atoms with Crippen LogP contribution >= 0.6 is 11.3 Å². The third kappa shape index (κ3) is 1.91. The molecule has 58 valence electrons. The summed E-state index contributed by atoms with van der Waals surface area (Å²) >= 11 is 1.40. The summed E-state index contributed by atoms with van der Waals surface area (Å²) in [6.07, 6.45) is 0. The van der Waals surface area contributed by atoms with E-state index in [1.165, 1.54) is 11.3 Å². The molecule has 0 bridgehead atoms.